The summed E-state index contributed by atoms with van der Waals surface area (Å²) in [6.45, 7) is 17.3. The Balaban J connectivity index is 1.64. The van der Waals surface area contributed by atoms with E-state index in [9.17, 15) is 14.7 Å². The van der Waals surface area contributed by atoms with E-state index in [1.807, 2.05) is 39.0 Å². The molecule has 7 aliphatic rings. The van der Waals surface area contributed by atoms with Crippen LogP contribution in [0, 0.1) is 57.2 Å². The number of rotatable bonds is 4. The van der Waals surface area contributed by atoms with Crippen LogP contribution in [0.3, 0.4) is 0 Å². The normalized spacial score (nSPS) is 49.7. The Hall–Kier alpha value is -1.24. The van der Waals surface area contributed by atoms with Gasteiger partial charge < -0.3 is 19.5 Å². The zero-order valence-corrected chi connectivity index (χ0v) is 25.2. The highest BCUT2D eigenvalue weighted by Crippen LogP contribution is 2.86. The summed E-state index contributed by atoms with van der Waals surface area (Å²) in [4.78, 5) is 31.7. The molecule has 6 nitrogen and oxygen atoms in total. The molecule has 212 valence electrons. The molecule has 2 heterocycles. The molecular weight excluding hydrogens is 478 g/mol. The number of aliphatic hydroxyl groups is 1. The summed E-state index contributed by atoms with van der Waals surface area (Å²) in [5.41, 5.74) is -1.73. The number of carbonyl (C=O) groups is 2. The third-order valence-corrected chi connectivity index (χ3v) is 12.8. The van der Waals surface area contributed by atoms with Crippen molar-refractivity contribution in [3.05, 3.63) is 11.8 Å². The van der Waals surface area contributed by atoms with Crippen molar-refractivity contribution in [2.45, 2.75) is 98.6 Å². The molecule has 0 aromatic carbocycles. The van der Waals surface area contributed by atoms with E-state index in [4.69, 9.17) is 9.47 Å². The summed E-state index contributed by atoms with van der Waals surface area (Å²) in [6, 6.07) is 0. The smallest absolute Gasteiger partial charge is 0.185 e. The van der Waals surface area contributed by atoms with Crippen molar-refractivity contribution >= 4 is 11.6 Å². The minimum atomic E-state index is -1.16. The Morgan fingerprint density at radius 2 is 1.82 bits per heavy atom. The van der Waals surface area contributed by atoms with Crippen LogP contribution in [0.4, 0.5) is 0 Å². The summed E-state index contributed by atoms with van der Waals surface area (Å²) < 4.78 is 14.1. The van der Waals surface area contributed by atoms with Gasteiger partial charge in [-0.1, -0.05) is 34.6 Å². The van der Waals surface area contributed by atoms with Gasteiger partial charge in [0.05, 0.1) is 23.7 Å². The van der Waals surface area contributed by atoms with Gasteiger partial charge in [-0.05, 0) is 81.0 Å². The average molecular weight is 528 g/mol. The van der Waals surface area contributed by atoms with Crippen molar-refractivity contribution < 1.29 is 24.2 Å². The zero-order chi connectivity index (χ0) is 28.0. The van der Waals surface area contributed by atoms with Gasteiger partial charge in [-0.2, -0.15) is 0 Å². The number of ether oxygens (including phenoxy) is 2. The lowest BCUT2D eigenvalue weighted by Crippen LogP contribution is -2.90. The first-order valence-electron chi connectivity index (χ1n) is 14.9. The molecule has 1 N–H and O–H groups in total. The Bertz CT molecular complexity index is 1120. The second kappa shape index (κ2) is 7.53. The number of aliphatic hydroxyl groups excluding tert-OH is 1. The van der Waals surface area contributed by atoms with Crippen LogP contribution in [0.2, 0.25) is 0 Å². The third-order valence-electron chi connectivity index (χ3n) is 12.8. The van der Waals surface area contributed by atoms with Crippen molar-refractivity contribution in [3.8, 4) is 0 Å². The van der Waals surface area contributed by atoms with E-state index in [-0.39, 0.29) is 52.0 Å². The predicted octanol–water partition coefficient (Wildman–Crippen LogP) is 4.84. The molecule has 7 rings (SSSR count). The number of fused-ring (bicyclic) bond motifs is 2. The minimum Gasteiger partial charge on any atom is -0.390 e. The Morgan fingerprint density at radius 1 is 1.16 bits per heavy atom. The van der Waals surface area contributed by atoms with E-state index >= 15 is 0 Å². The van der Waals surface area contributed by atoms with Crippen molar-refractivity contribution in [1.29, 1.82) is 0 Å². The molecule has 6 heteroatoms. The van der Waals surface area contributed by atoms with Crippen LogP contribution >= 0.6 is 0 Å². The van der Waals surface area contributed by atoms with Crippen LogP contribution in [-0.2, 0) is 19.1 Å². The minimum absolute atomic E-state index is 0.000993. The van der Waals surface area contributed by atoms with Crippen molar-refractivity contribution in [2.75, 3.05) is 20.7 Å². The first-order chi connectivity index (χ1) is 17.4. The SMILES string of the molecule is CC(O)C(C)(C)OC12OCCC3(C(=O)C(=CN(C)C)CC(C)(C)C3C1C)C1CCC3C4C(C(=O)C412)C3(C)C. The molecule has 5 saturated carbocycles. The summed E-state index contributed by atoms with van der Waals surface area (Å²) in [5.74, 6) is -0.328. The summed E-state index contributed by atoms with van der Waals surface area (Å²) in [5, 5.41) is 10.8. The largest absolute Gasteiger partial charge is 0.390 e. The molecule has 0 aromatic heterocycles. The van der Waals surface area contributed by atoms with Gasteiger partial charge in [0.25, 0.3) is 0 Å². The molecule has 2 spiro atoms. The first kappa shape index (κ1) is 27.0. The standard InChI is InChI=1S/C32H49NO5/c1-17-24-27(3,4)15-19(16-33(9)10)25(35)30(24)13-14-37-32(17,38-29(7,8)18(2)34)31-21(30)12-11-20-22(31)23(26(31)36)28(20,5)6/h16-18,20-24,34H,11-15H2,1-10H3. The van der Waals surface area contributed by atoms with Gasteiger partial charge >= 0.3 is 0 Å². The van der Waals surface area contributed by atoms with Crippen molar-refractivity contribution in [2.24, 2.45) is 57.2 Å². The lowest BCUT2D eigenvalue weighted by molar-refractivity contribution is -0.438. The Labute approximate surface area is 228 Å². The highest BCUT2D eigenvalue weighted by Gasteiger charge is 2.92. The number of hydrogen-bond acceptors (Lipinski definition) is 6. The molecular formula is C32H49NO5. The second-order valence-electron chi connectivity index (χ2n) is 15.9. The summed E-state index contributed by atoms with van der Waals surface area (Å²) in [7, 11) is 3.97. The van der Waals surface area contributed by atoms with Gasteiger partial charge in [-0.15, -0.1) is 0 Å². The quantitative estimate of drug-likeness (QED) is 0.527. The van der Waals surface area contributed by atoms with E-state index in [0.29, 0.717) is 25.4 Å². The number of hydrogen-bond donors (Lipinski definition) is 1. The van der Waals surface area contributed by atoms with Crippen LogP contribution in [0.5, 0.6) is 0 Å². The molecule has 5 aliphatic carbocycles. The van der Waals surface area contributed by atoms with Gasteiger partial charge in [0.15, 0.2) is 11.6 Å². The van der Waals surface area contributed by atoms with Crippen LogP contribution < -0.4 is 0 Å². The number of carbonyl (C=O) groups excluding carboxylic acids is 2. The fourth-order valence-electron chi connectivity index (χ4n) is 11.6. The van der Waals surface area contributed by atoms with E-state index in [2.05, 4.69) is 34.6 Å². The maximum Gasteiger partial charge on any atom is 0.185 e. The third kappa shape index (κ3) is 2.67. The maximum absolute atomic E-state index is 14.9. The molecule has 2 saturated heterocycles. The molecule has 0 aromatic rings. The fourth-order valence-corrected chi connectivity index (χ4v) is 11.6. The Morgan fingerprint density at radius 3 is 2.42 bits per heavy atom. The first-order valence-corrected chi connectivity index (χ1v) is 14.9. The lowest BCUT2D eigenvalue weighted by atomic mass is 9.20. The van der Waals surface area contributed by atoms with Crippen LogP contribution in [0.15, 0.2) is 11.8 Å². The number of ketones is 2. The highest BCUT2D eigenvalue weighted by molar-refractivity contribution is 6.05. The van der Waals surface area contributed by atoms with Gasteiger partial charge in [0.1, 0.15) is 5.78 Å². The van der Waals surface area contributed by atoms with Crippen LogP contribution in [0.25, 0.3) is 0 Å². The molecule has 10 unspecified atom stereocenters. The van der Waals surface area contributed by atoms with Crippen molar-refractivity contribution in [3.63, 3.8) is 0 Å². The molecule has 2 aliphatic heterocycles. The van der Waals surface area contributed by atoms with Gasteiger partial charge in [0, 0.05) is 43.1 Å². The number of allylic oxidation sites excluding steroid dienone is 1. The molecule has 2 bridgehead atoms. The van der Waals surface area contributed by atoms with E-state index in [1.165, 1.54) is 0 Å². The number of nitrogens with zero attached hydrogens (tertiary/aromatic N) is 1. The van der Waals surface area contributed by atoms with Crippen molar-refractivity contribution in [1.82, 2.24) is 4.90 Å². The van der Waals surface area contributed by atoms with E-state index in [1.54, 1.807) is 6.92 Å². The fraction of sp³-hybridized carbons (Fsp3) is 0.875. The molecule has 7 fully saturated rings. The van der Waals surface area contributed by atoms with Crippen LogP contribution in [0.1, 0.15) is 81.1 Å². The molecule has 0 amide bonds. The summed E-state index contributed by atoms with van der Waals surface area (Å²) >= 11 is 0. The predicted molar refractivity (Wildman–Crippen MR) is 145 cm³/mol. The lowest BCUT2D eigenvalue weighted by Gasteiger charge is -2.83. The summed E-state index contributed by atoms with van der Waals surface area (Å²) in [6.07, 6.45) is 4.51. The molecule has 38 heavy (non-hydrogen) atoms. The maximum atomic E-state index is 14.9. The topological polar surface area (TPSA) is 76.1 Å². The highest BCUT2D eigenvalue weighted by atomic mass is 16.7. The van der Waals surface area contributed by atoms with Gasteiger partial charge in [-0.25, -0.2) is 0 Å². The second-order valence-corrected chi connectivity index (χ2v) is 15.9. The van der Waals surface area contributed by atoms with E-state index in [0.717, 1.165) is 18.4 Å². The zero-order valence-electron chi connectivity index (χ0n) is 25.2. The monoisotopic (exact) mass is 527 g/mol. The van der Waals surface area contributed by atoms with Crippen LogP contribution in [-0.4, -0.2) is 59.8 Å². The van der Waals surface area contributed by atoms with Gasteiger partial charge in [0.2, 0.25) is 0 Å². The number of Topliss-reactive ketones (excluding diaryl/α,β-unsaturated/α-hetero) is 2. The Kier molecular flexibility index (Phi) is 5.34. The van der Waals surface area contributed by atoms with E-state index < -0.39 is 28.3 Å². The van der Waals surface area contributed by atoms with Gasteiger partial charge in [-0.3, -0.25) is 9.59 Å². The molecule has 10 atom stereocenters. The molecule has 0 radical (unpaired) electrons. The average Bonchev–Trinajstić information content (AvgIpc) is 2.98.